The van der Waals surface area contributed by atoms with Crippen LogP contribution in [0.1, 0.15) is 46.2 Å². The van der Waals surface area contributed by atoms with Gasteiger partial charge in [-0.2, -0.15) is 0 Å². The van der Waals surface area contributed by atoms with Crippen molar-refractivity contribution >= 4 is 0 Å². The minimum Gasteiger partial charge on any atom is -0.493 e. The molecule has 4 rings (SSSR count). The molecule has 2 aliphatic rings. The van der Waals surface area contributed by atoms with E-state index in [4.69, 9.17) is 15.2 Å². The van der Waals surface area contributed by atoms with E-state index in [0.717, 1.165) is 37.4 Å². The van der Waals surface area contributed by atoms with Crippen LogP contribution in [0.5, 0.6) is 11.5 Å². The zero-order valence-corrected chi connectivity index (χ0v) is 16.8. The second kappa shape index (κ2) is 7.17. The first-order valence-corrected chi connectivity index (χ1v) is 9.83. The Hall–Kier alpha value is -2.04. The average Bonchev–Trinajstić information content (AvgIpc) is 2.68. The summed E-state index contributed by atoms with van der Waals surface area (Å²) < 4.78 is 11.0. The van der Waals surface area contributed by atoms with Gasteiger partial charge >= 0.3 is 0 Å². The molecule has 2 aromatic rings. The number of piperidine rings is 1. The maximum absolute atomic E-state index is 6.74. The third-order valence-corrected chi connectivity index (χ3v) is 6.39. The second-order valence-corrected chi connectivity index (χ2v) is 8.03. The SMILES string of the molecule is COc1cc2c(cc1OC)C1C[C@H](N)[C@@H](c3cc(C)ccc3C)CN1CC2. The molecule has 2 aromatic carbocycles. The Kier molecular flexibility index (Phi) is 4.87. The molecule has 1 unspecified atom stereocenters. The molecule has 2 N–H and O–H groups in total. The number of rotatable bonds is 3. The van der Waals surface area contributed by atoms with Crippen LogP contribution in [0.4, 0.5) is 0 Å². The molecule has 2 aliphatic heterocycles. The molecular formula is C23H30N2O2. The van der Waals surface area contributed by atoms with Gasteiger partial charge in [0, 0.05) is 31.1 Å². The van der Waals surface area contributed by atoms with Crippen molar-refractivity contribution in [3.8, 4) is 11.5 Å². The summed E-state index contributed by atoms with van der Waals surface area (Å²) in [4.78, 5) is 2.62. The summed E-state index contributed by atoms with van der Waals surface area (Å²) in [6.07, 6.45) is 2.02. The molecule has 144 valence electrons. The molecule has 0 spiro atoms. The molecule has 0 aromatic heterocycles. The summed E-state index contributed by atoms with van der Waals surface area (Å²) in [5.74, 6) is 2.02. The highest BCUT2D eigenvalue weighted by atomic mass is 16.5. The molecule has 3 atom stereocenters. The first-order chi connectivity index (χ1) is 13.0. The molecular weight excluding hydrogens is 336 g/mol. The predicted octanol–water partition coefficient (Wildman–Crippen LogP) is 3.73. The van der Waals surface area contributed by atoms with E-state index in [1.165, 1.54) is 27.8 Å². The van der Waals surface area contributed by atoms with Gasteiger partial charge in [-0.05, 0) is 61.1 Å². The lowest BCUT2D eigenvalue weighted by Crippen LogP contribution is -2.49. The highest BCUT2D eigenvalue weighted by molar-refractivity contribution is 5.50. The van der Waals surface area contributed by atoms with Crippen LogP contribution in [0.25, 0.3) is 0 Å². The Morgan fingerprint density at radius 3 is 2.48 bits per heavy atom. The van der Waals surface area contributed by atoms with Crippen molar-refractivity contribution in [1.82, 2.24) is 4.90 Å². The average molecular weight is 367 g/mol. The fraction of sp³-hybridized carbons (Fsp3) is 0.478. The number of hydrogen-bond acceptors (Lipinski definition) is 4. The topological polar surface area (TPSA) is 47.7 Å². The maximum atomic E-state index is 6.74. The zero-order valence-electron chi connectivity index (χ0n) is 16.8. The van der Waals surface area contributed by atoms with Gasteiger partial charge in [-0.25, -0.2) is 0 Å². The summed E-state index contributed by atoms with van der Waals surface area (Å²) >= 11 is 0. The first kappa shape index (κ1) is 18.3. The molecule has 4 nitrogen and oxygen atoms in total. The number of nitrogens with two attached hydrogens (primary N) is 1. The van der Waals surface area contributed by atoms with Crippen LogP contribution in [-0.2, 0) is 6.42 Å². The number of fused-ring (bicyclic) bond motifs is 3. The van der Waals surface area contributed by atoms with Gasteiger partial charge in [0.1, 0.15) is 0 Å². The van der Waals surface area contributed by atoms with Crippen molar-refractivity contribution in [2.24, 2.45) is 5.73 Å². The van der Waals surface area contributed by atoms with Gasteiger partial charge in [-0.3, -0.25) is 4.90 Å². The van der Waals surface area contributed by atoms with Crippen LogP contribution in [-0.4, -0.2) is 38.3 Å². The molecule has 0 bridgehead atoms. The quantitative estimate of drug-likeness (QED) is 0.899. The maximum Gasteiger partial charge on any atom is 0.161 e. The molecule has 4 heteroatoms. The van der Waals surface area contributed by atoms with Crippen LogP contribution < -0.4 is 15.2 Å². The number of methoxy groups -OCH3 is 2. The van der Waals surface area contributed by atoms with Crippen molar-refractivity contribution in [1.29, 1.82) is 0 Å². The number of aryl methyl sites for hydroxylation is 2. The second-order valence-electron chi connectivity index (χ2n) is 8.03. The van der Waals surface area contributed by atoms with E-state index in [1.807, 2.05) is 0 Å². The number of hydrogen-bond donors (Lipinski definition) is 1. The highest BCUT2D eigenvalue weighted by Gasteiger charge is 2.39. The van der Waals surface area contributed by atoms with E-state index in [2.05, 4.69) is 49.1 Å². The third-order valence-electron chi connectivity index (χ3n) is 6.39. The van der Waals surface area contributed by atoms with Gasteiger partial charge in [0.2, 0.25) is 0 Å². The fourth-order valence-electron chi connectivity index (χ4n) is 4.87. The minimum atomic E-state index is 0.158. The Labute approximate surface area is 162 Å². The highest BCUT2D eigenvalue weighted by Crippen LogP contribution is 2.44. The van der Waals surface area contributed by atoms with E-state index in [0.29, 0.717) is 12.0 Å². The van der Waals surface area contributed by atoms with Crippen LogP contribution in [0, 0.1) is 13.8 Å². The van der Waals surface area contributed by atoms with Crippen LogP contribution in [0.2, 0.25) is 0 Å². The molecule has 0 amide bonds. The minimum absolute atomic E-state index is 0.158. The van der Waals surface area contributed by atoms with Crippen LogP contribution in [0.15, 0.2) is 30.3 Å². The molecule has 1 saturated heterocycles. The lowest BCUT2D eigenvalue weighted by molar-refractivity contribution is 0.109. The van der Waals surface area contributed by atoms with E-state index < -0.39 is 0 Å². The summed E-state index contributed by atoms with van der Waals surface area (Å²) in [5.41, 5.74) is 13.5. The third kappa shape index (κ3) is 3.21. The Bertz CT molecular complexity index is 849. The standard InChI is InChI=1S/C23H30N2O2/c1-14-5-6-15(2)17(9-14)19-13-25-8-7-16-10-22(26-3)23(27-4)11-18(16)21(25)12-20(19)24/h5-6,9-11,19-21H,7-8,12-13,24H2,1-4H3/t19-,20+,21?/m1/s1. The van der Waals surface area contributed by atoms with E-state index in [9.17, 15) is 0 Å². The van der Waals surface area contributed by atoms with E-state index in [-0.39, 0.29) is 6.04 Å². The lowest BCUT2D eigenvalue weighted by Gasteiger charge is -2.46. The van der Waals surface area contributed by atoms with Crippen molar-refractivity contribution in [3.05, 3.63) is 58.1 Å². The summed E-state index contributed by atoms with van der Waals surface area (Å²) in [7, 11) is 3.40. The summed E-state index contributed by atoms with van der Waals surface area (Å²) in [5, 5.41) is 0. The normalized spacial score (nSPS) is 24.9. The molecule has 0 aliphatic carbocycles. The zero-order chi connectivity index (χ0) is 19.1. The van der Waals surface area contributed by atoms with Crippen molar-refractivity contribution in [3.63, 3.8) is 0 Å². The molecule has 0 radical (unpaired) electrons. The van der Waals surface area contributed by atoms with E-state index >= 15 is 0 Å². The van der Waals surface area contributed by atoms with Crippen molar-refractivity contribution in [2.75, 3.05) is 27.3 Å². The van der Waals surface area contributed by atoms with Gasteiger partial charge in [0.25, 0.3) is 0 Å². The Balaban J connectivity index is 1.66. The van der Waals surface area contributed by atoms with Crippen molar-refractivity contribution in [2.45, 2.75) is 44.7 Å². The fourth-order valence-corrected chi connectivity index (χ4v) is 4.87. The van der Waals surface area contributed by atoms with Gasteiger partial charge < -0.3 is 15.2 Å². The van der Waals surface area contributed by atoms with Gasteiger partial charge in [0.05, 0.1) is 14.2 Å². The molecule has 0 saturated carbocycles. The first-order valence-electron chi connectivity index (χ1n) is 9.83. The smallest absolute Gasteiger partial charge is 0.161 e. The van der Waals surface area contributed by atoms with Gasteiger partial charge in [-0.1, -0.05) is 23.8 Å². The molecule has 1 fully saturated rings. The largest absolute Gasteiger partial charge is 0.493 e. The van der Waals surface area contributed by atoms with E-state index in [1.54, 1.807) is 14.2 Å². The summed E-state index contributed by atoms with van der Waals surface area (Å²) in [6.45, 7) is 6.46. The predicted molar refractivity (Wildman–Crippen MR) is 109 cm³/mol. The van der Waals surface area contributed by atoms with Crippen LogP contribution >= 0.6 is 0 Å². The molecule has 27 heavy (non-hydrogen) atoms. The Morgan fingerprint density at radius 1 is 1.00 bits per heavy atom. The lowest BCUT2D eigenvalue weighted by atomic mass is 9.77. The Morgan fingerprint density at radius 2 is 1.74 bits per heavy atom. The number of ether oxygens (including phenoxy) is 2. The van der Waals surface area contributed by atoms with Gasteiger partial charge in [0.15, 0.2) is 11.5 Å². The van der Waals surface area contributed by atoms with Crippen LogP contribution in [0.3, 0.4) is 0 Å². The van der Waals surface area contributed by atoms with Gasteiger partial charge in [-0.15, -0.1) is 0 Å². The number of nitrogens with zero attached hydrogens (tertiary/aromatic N) is 1. The summed E-state index contributed by atoms with van der Waals surface area (Å²) in [6, 6.07) is 11.6. The van der Waals surface area contributed by atoms with Crippen molar-refractivity contribution < 1.29 is 9.47 Å². The monoisotopic (exact) mass is 366 g/mol. The number of benzene rings is 2. The molecule has 2 heterocycles.